The van der Waals surface area contributed by atoms with Crippen molar-refractivity contribution in [2.24, 2.45) is 5.92 Å². The zero-order chi connectivity index (χ0) is 14.8. The SMILES string of the molecule is CC1Cc2ccccc2N(c2ccc(CCl)cc2C#N)C1. The molecule has 1 heterocycles. The minimum absolute atomic E-state index is 0.432. The lowest BCUT2D eigenvalue weighted by Gasteiger charge is -2.35. The number of nitrogens with zero attached hydrogens (tertiary/aromatic N) is 2. The fraction of sp³-hybridized carbons (Fsp3) is 0.278. The van der Waals surface area contributed by atoms with E-state index in [0.717, 1.165) is 24.2 Å². The summed E-state index contributed by atoms with van der Waals surface area (Å²) in [6.45, 7) is 3.19. The van der Waals surface area contributed by atoms with E-state index in [1.165, 1.54) is 11.3 Å². The van der Waals surface area contributed by atoms with Crippen molar-refractivity contribution in [1.29, 1.82) is 5.26 Å². The first kappa shape index (κ1) is 14.0. The number of alkyl halides is 1. The van der Waals surface area contributed by atoms with Crippen molar-refractivity contribution >= 4 is 23.0 Å². The van der Waals surface area contributed by atoms with E-state index in [2.05, 4.69) is 42.2 Å². The molecule has 0 bridgehead atoms. The topological polar surface area (TPSA) is 27.0 Å². The third kappa shape index (κ3) is 2.62. The van der Waals surface area contributed by atoms with Gasteiger partial charge in [-0.25, -0.2) is 0 Å². The van der Waals surface area contributed by atoms with Crippen molar-refractivity contribution in [2.75, 3.05) is 11.4 Å². The second kappa shape index (κ2) is 5.79. The van der Waals surface area contributed by atoms with Crippen LogP contribution in [0, 0.1) is 17.2 Å². The van der Waals surface area contributed by atoms with Gasteiger partial charge in [-0.3, -0.25) is 0 Å². The number of anilines is 2. The zero-order valence-corrected chi connectivity index (χ0v) is 12.8. The Bertz CT molecular complexity index is 703. The Kier molecular flexibility index (Phi) is 3.86. The maximum Gasteiger partial charge on any atom is 0.101 e. The van der Waals surface area contributed by atoms with Gasteiger partial charge in [-0.1, -0.05) is 31.2 Å². The molecule has 2 aromatic carbocycles. The largest absolute Gasteiger partial charge is 0.340 e. The van der Waals surface area contributed by atoms with E-state index < -0.39 is 0 Å². The average Bonchev–Trinajstić information content (AvgIpc) is 2.53. The monoisotopic (exact) mass is 296 g/mol. The van der Waals surface area contributed by atoms with Crippen molar-refractivity contribution in [1.82, 2.24) is 0 Å². The van der Waals surface area contributed by atoms with E-state index >= 15 is 0 Å². The van der Waals surface area contributed by atoms with Crippen LogP contribution in [0.5, 0.6) is 0 Å². The molecule has 1 aliphatic heterocycles. The van der Waals surface area contributed by atoms with Crippen molar-refractivity contribution in [2.45, 2.75) is 19.2 Å². The van der Waals surface area contributed by atoms with Gasteiger partial charge in [0.05, 0.1) is 11.3 Å². The van der Waals surface area contributed by atoms with E-state index in [0.29, 0.717) is 17.4 Å². The van der Waals surface area contributed by atoms with Gasteiger partial charge in [0, 0.05) is 18.1 Å². The minimum Gasteiger partial charge on any atom is -0.340 e. The van der Waals surface area contributed by atoms with Crippen LogP contribution in [0.25, 0.3) is 0 Å². The van der Waals surface area contributed by atoms with E-state index in [9.17, 15) is 5.26 Å². The quantitative estimate of drug-likeness (QED) is 0.756. The number of halogens is 1. The van der Waals surface area contributed by atoms with Crippen LogP contribution < -0.4 is 4.90 Å². The number of hydrogen-bond donors (Lipinski definition) is 0. The number of nitriles is 1. The van der Waals surface area contributed by atoms with Gasteiger partial charge in [-0.2, -0.15) is 5.26 Å². The number of fused-ring (bicyclic) bond motifs is 1. The number of benzene rings is 2. The summed E-state index contributed by atoms with van der Waals surface area (Å²) in [7, 11) is 0. The molecule has 21 heavy (non-hydrogen) atoms. The van der Waals surface area contributed by atoms with Crippen LogP contribution in [-0.4, -0.2) is 6.54 Å². The van der Waals surface area contributed by atoms with E-state index in [-0.39, 0.29) is 0 Å². The minimum atomic E-state index is 0.432. The highest BCUT2D eigenvalue weighted by molar-refractivity contribution is 6.17. The summed E-state index contributed by atoms with van der Waals surface area (Å²) in [6.07, 6.45) is 1.09. The van der Waals surface area contributed by atoms with Crippen LogP contribution >= 0.6 is 11.6 Å². The van der Waals surface area contributed by atoms with Gasteiger partial charge < -0.3 is 4.90 Å². The summed E-state index contributed by atoms with van der Waals surface area (Å²) >= 11 is 5.88. The molecule has 0 N–H and O–H groups in total. The molecular formula is C18H17ClN2. The number of rotatable bonds is 2. The van der Waals surface area contributed by atoms with Gasteiger partial charge in [0.15, 0.2) is 0 Å². The van der Waals surface area contributed by atoms with Crippen LogP contribution in [0.15, 0.2) is 42.5 Å². The molecule has 0 amide bonds. The van der Waals surface area contributed by atoms with Crippen molar-refractivity contribution in [3.63, 3.8) is 0 Å². The second-order valence-corrected chi connectivity index (χ2v) is 5.91. The highest BCUT2D eigenvalue weighted by atomic mass is 35.5. The summed E-state index contributed by atoms with van der Waals surface area (Å²) in [6, 6.07) is 16.7. The van der Waals surface area contributed by atoms with Gasteiger partial charge >= 0.3 is 0 Å². The maximum absolute atomic E-state index is 9.46. The van der Waals surface area contributed by atoms with Crippen LogP contribution in [0.2, 0.25) is 0 Å². The maximum atomic E-state index is 9.46. The molecule has 1 atom stereocenters. The highest BCUT2D eigenvalue weighted by Crippen LogP contribution is 2.37. The van der Waals surface area contributed by atoms with Crippen LogP contribution in [0.4, 0.5) is 11.4 Å². The lowest BCUT2D eigenvalue weighted by Crippen LogP contribution is -2.30. The molecule has 1 aliphatic rings. The van der Waals surface area contributed by atoms with E-state index in [4.69, 9.17) is 11.6 Å². The number of para-hydroxylation sites is 1. The Morgan fingerprint density at radius 2 is 2.05 bits per heavy atom. The lowest BCUT2D eigenvalue weighted by atomic mass is 9.93. The van der Waals surface area contributed by atoms with Gasteiger partial charge in [-0.05, 0) is 41.7 Å². The molecule has 0 aliphatic carbocycles. The molecule has 1 unspecified atom stereocenters. The molecule has 106 valence electrons. The lowest BCUT2D eigenvalue weighted by molar-refractivity contribution is 0.562. The molecule has 3 rings (SSSR count). The third-order valence-corrected chi connectivity index (χ3v) is 4.28. The Hall–Kier alpha value is -1.98. The molecule has 0 saturated carbocycles. The van der Waals surface area contributed by atoms with Crippen LogP contribution in [-0.2, 0) is 12.3 Å². The zero-order valence-electron chi connectivity index (χ0n) is 12.0. The third-order valence-electron chi connectivity index (χ3n) is 3.97. The normalized spacial score (nSPS) is 17.2. The predicted octanol–water partition coefficient (Wildman–Crippen LogP) is 4.63. The predicted molar refractivity (Wildman–Crippen MR) is 87.0 cm³/mol. The summed E-state index contributed by atoms with van der Waals surface area (Å²) < 4.78 is 0. The fourth-order valence-corrected chi connectivity index (χ4v) is 3.18. The van der Waals surface area contributed by atoms with Gasteiger partial charge in [0.2, 0.25) is 0 Å². The van der Waals surface area contributed by atoms with Gasteiger partial charge in [0.1, 0.15) is 6.07 Å². The van der Waals surface area contributed by atoms with Gasteiger partial charge in [-0.15, -0.1) is 11.6 Å². The Balaban J connectivity index is 2.11. The molecule has 0 radical (unpaired) electrons. The summed E-state index contributed by atoms with van der Waals surface area (Å²) in [5, 5.41) is 9.46. The van der Waals surface area contributed by atoms with E-state index in [1.54, 1.807) is 0 Å². The number of hydrogen-bond acceptors (Lipinski definition) is 2. The van der Waals surface area contributed by atoms with Crippen LogP contribution in [0.3, 0.4) is 0 Å². The van der Waals surface area contributed by atoms with E-state index in [1.807, 2.05) is 18.2 Å². The molecule has 2 aromatic rings. The summed E-state index contributed by atoms with van der Waals surface area (Å²) in [4.78, 5) is 2.26. The smallest absolute Gasteiger partial charge is 0.101 e. The molecule has 0 saturated heterocycles. The standard InChI is InChI=1S/C18H17ClN2/c1-13-8-15-4-2-3-5-17(15)21(12-13)18-7-6-14(10-19)9-16(18)11-20/h2-7,9,13H,8,10,12H2,1H3. The molecular weight excluding hydrogens is 280 g/mol. The Morgan fingerprint density at radius 1 is 1.24 bits per heavy atom. The Morgan fingerprint density at radius 3 is 2.81 bits per heavy atom. The Labute approximate surface area is 130 Å². The first-order valence-electron chi connectivity index (χ1n) is 7.17. The van der Waals surface area contributed by atoms with Crippen molar-refractivity contribution in [3.05, 3.63) is 59.2 Å². The summed E-state index contributed by atoms with van der Waals surface area (Å²) in [5.41, 5.74) is 5.21. The fourth-order valence-electron chi connectivity index (χ4n) is 3.02. The van der Waals surface area contributed by atoms with Gasteiger partial charge in [0.25, 0.3) is 0 Å². The molecule has 3 heteroatoms. The molecule has 0 spiro atoms. The second-order valence-electron chi connectivity index (χ2n) is 5.65. The highest BCUT2D eigenvalue weighted by Gasteiger charge is 2.24. The average molecular weight is 297 g/mol. The first-order valence-corrected chi connectivity index (χ1v) is 7.71. The van der Waals surface area contributed by atoms with Crippen molar-refractivity contribution < 1.29 is 0 Å². The molecule has 0 aromatic heterocycles. The molecule has 2 nitrogen and oxygen atoms in total. The molecule has 0 fully saturated rings. The first-order chi connectivity index (χ1) is 10.2. The van der Waals surface area contributed by atoms with Crippen molar-refractivity contribution in [3.8, 4) is 6.07 Å². The summed E-state index contributed by atoms with van der Waals surface area (Å²) in [5.74, 6) is 1.00. The van der Waals surface area contributed by atoms with Crippen LogP contribution in [0.1, 0.15) is 23.6 Å².